The van der Waals surface area contributed by atoms with Crippen LogP contribution in [0.1, 0.15) is 12.6 Å². The Morgan fingerprint density at radius 1 is 1.19 bits per heavy atom. The number of rotatable bonds is 4. The van der Waals surface area contributed by atoms with Gasteiger partial charge in [0.05, 0.1) is 6.54 Å². The fourth-order valence-electron chi connectivity index (χ4n) is 3.07. The van der Waals surface area contributed by atoms with Crippen LogP contribution in [0.2, 0.25) is 0 Å². The van der Waals surface area contributed by atoms with Gasteiger partial charge in [0, 0.05) is 71.1 Å². The molecule has 0 atom stereocenters. The number of guanidine groups is 1. The Morgan fingerprint density at radius 3 is 2.62 bits per heavy atom. The normalized spacial score (nSPS) is 15.4. The maximum atomic E-state index is 12.3. The van der Waals surface area contributed by atoms with Gasteiger partial charge in [0.15, 0.2) is 11.8 Å². The van der Waals surface area contributed by atoms with Crippen LogP contribution in [-0.2, 0) is 20.6 Å². The highest BCUT2D eigenvalue weighted by atomic mass is 16.1. The molecule has 26 heavy (non-hydrogen) atoms. The lowest BCUT2D eigenvalue weighted by Crippen LogP contribution is -2.53. The summed E-state index contributed by atoms with van der Waals surface area (Å²) in [5.74, 6) is 1.45. The Kier molecular flexibility index (Phi) is 5.60. The number of piperazine rings is 1. The number of nitrogens with zero attached hydrogens (tertiary/aromatic N) is 6. The molecule has 8 heteroatoms. The number of aromatic nitrogens is 3. The van der Waals surface area contributed by atoms with Crippen molar-refractivity contribution in [3.05, 3.63) is 46.8 Å². The van der Waals surface area contributed by atoms with Gasteiger partial charge >= 0.3 is 0 Å². The summed E-state index contributed by atoms with van der Waals surface area (Å²) < 4.78 is 3.65. The molecule has 0 aromatic carbocycles. The highest BCUT2D eigenvalue weighted by Crippen LogP contribution is 2.09. The molecular weight excluding hydrogens is 330 g/mol. The quantitative estimate of drug-likeness (QED) is 0.634. The number of hydrogen-bond donors (Lipinski definition) is 1. The number of aryl methyl sites for hydroxylation is 2. The largest absolute Gasteiger partial charge is 0.357 e. The third kappa shape index (κ3) is 3.89. The van der Waals surface area contributed by atoms with Gasteiger partial charge in [-0.15, -0.1) is 0 Å². The minimum atomic E-state index is -0.0507. The fourth-order valence-corrected chi connectivity index (χ4v) is 3.07. The molecule has 0 bridgehead atoms. The first-order valence-corrected chi connectivity index (χ1v) is 9.00. The molecule has 1 fully saturated rings. The van der Waals surface area contributed by atoms with E-state index in [4.69, 9.17) is 4.99 Å². The van der Waals surface area contributed by atoms with E-state index in [0.29, 0.717) is 12.4 Å². The van der Waals surface area contributed by atoms with Gasteiger partial charge in [-0.1, -0.05) is 0 Å². The first-order valence-electron chi connectivity index (χ1n) is 9.00. The molecule has 0 amide bonds. The topological polar surface area (TPSA) is 70.7 Å². The number of nitrogens with one attached hydrogen (secondary N) is 1. The highest BCUT2D eigenvalue weighted by Gasteiger charge is 2.22. The lowest BCUT2D eigenvalue weighted by molar-refractivity contribution is 0.370. The Labute approximate surface area is 153 Å². The van der Waals surface area contributed by atoms with E-state index in [2.05, 4.69) is 37.7 Å². The van der Waals surface area contributed by atoms with Crippen molar-refractivity contribution >= 4 is 11.8 Å². The average molecular weight is 357 g/mol. The molecule has 8 nitrogen and oxygen atoms in total. The summed E-state index contributed by atoms with van der Waals surface area (Å²) in [6.07, 6.45) is 5.39. The van der Waals surface area contributed by atoms with Crippen LogP contribution in [0.3, 0.4) is 0 Å². The molecule has 2 aromatic heterocycles. The molecule has 3 rings (SSSR count). The molecule has 1 aliphatic heterocycles. The molecule has 0 aliphatic carbocycles. The monoisotopic (exact) mass is 357 g/mol. The van der Waals surface area contributed by atoms with Crippen molar-refractivity contribution in [3.8, 4) is 0 Å². The zero-order valence-corrected chi connectivity index (χ0v) is 15.7. The molecule has 1 N–H and O–H groups in total. The van der Waals surface area contributed by atoms with Crippen molar-refractivity contribution in [3.63, 3.8) is 0 Å². The van der Waals surface area contributed by atoms with Crippen molar-refractivity contribution in [2.75, 3.05) is 37.6 Å². The molecule has 0 saturated carbocycles. The smallest absolute Gasteiger partial charge is 0.293 e. The van der Waals surface area contributed by atoms with Crippen LogP contribution in [-0.4, -0.2) is 57.7 Å². The van der Waals surface area contributed by atoms with Gasteiger partial charge in [-0.2, -0.15) is 0 Å². The summed E-state index contributed by atoms with van der Waals surface area (Å²) in [7, 11) is 3.78. The second-order valence-electron chi connectivity index (χ2n) is 6.42. The zero-order valence-electron chi connectivity index (χ0n) is 15.7. The van der Waals surface area contributed by atoms with Crippen LogP contribution < -0.4 is 15.8 Å². The Bertz CT molecular complexity index is 815. The number of anilines is 1. The van der Waals surface area contributed by atoms with Crippen LogP contribution in [0, 0.1) is 0 Å². The summed E-state index contributed by atoms with van der Waals surface area (Å²) in [6.45, 7) is 6.66. The second-order valence-corrected chi connectivity index (χ2v) is 6.42. The molecular formula is C18H27N7O. The fraction of sp³-hybridized carbons (Fsp3) is 0.500. The maximum Gasteiger partial charge on any atom is 0.293 e. The van der Waals surface area contributed by atoms with Gasteiger partial charge in [-0.3, -0.25) is 4.79 Å². The van der Waals surface area contributed by atoms with Crippen molar-refractivity contribution in [1.29, 1.82) is 0 Å². The van der Waals surface area contributed by atoms with Gasteiger partial charge in [-0.05, 0) is 19.1 Å². The van der Waals surface area contributed by atoms with Crippen molar-refractivity contribution in [2.24, 2.45) is 19.1 Å². The molecule has 1 aliphatic rings. The van der Waals surface area contributed by atoms with Gasteiger partial charge in [0.2, 0.25) is 0 Å². The highest BCUT2D eigenvalue weighted by molar-refractivity contribution is 5.80. The second kappa shape index (κ2) is 8.07. The molecule has 0 radical (unpaired) electrons. The first kappa shape index (κ1) is 18.0. The third-order valence-corrected chi connectivity index (χ3v) is 4.65. The van der Waals surface area contributed by atoms with E-state index in [-0.39, 0.29) is 5.56 Å². The van der Waals surface area contributed by atoms with Crippen molar-refractivity contribution in [2.45, 2.75) is 13.5 Å². The predicted octanol–water partition coefficient (Wildman–Crippen LogP) is 0.407. The third-order valence-electron chi connectivity index (χ3n) is 4.65. The number of aliphatic imine (C=N–C) groups is 1. The maximum absolute atomic E-state index is 12.3. The van der Waals surface area contributed by atoms with Gasteiger partial charge < -0.3 is 24.3 Å². The van der Waals surface area contributed by atoms with Crippen molar-refractivity contribution < 1.29 is 0 Å². The predicted molar refractivity (Wildman–Crippen MR) is 103 cm³/mol. The van der Waals surface area contributed by atoms with Gasteiger partial charge in [-0.25, -0.2) is 9.98 Å². The Morgan fingerprint density at radius 2 is 1.96 bits per heavy atom. The Hall–Kier alpha value is -2.77. The molecule has 1 saturated heterocycles. The SMILES string of the molecule is CCNC(=NCc1cccn1C)N1CCN(c2nccn(C)c2=O)CC1. The van der Waals surface area contributed by atoms with E-state index in [9.17, 15) is 4.79 Å². The van der Waals surface area contributed by atoms with E-state index in [1.807, 2.05) is 19.3 Å². The summed E-state index contributed by atoms with van der Waals surface area (Å²) in [6, 6.07) is 4.12. The van der Waals surface area contributed by atoms with Crippen LogP contribution in [0.4, 0.5) is 5.82 Å². The molecule has 3 heterocycles. The van der Waals surface area contributed by atoms with Crippen LogP contribution in [0.5, 0.6) is 0 Å². The summed E-state index contributed by atoms with van der Waals surface area (Å²) in [5, 5.41) is 3.38. The first-order chi connectivity index (χ1) is 12.6. The lowest BCUT2D eigenvalue weighted by atomic mass is 10.3. The van der Waals surface area contributed by atoms with Gasteiger partial charge in [0.25, 0.3) is 5.56 Å². The minimum Gasteiger partial charge on any atom is -0.357 e. The van der Waals surface area contributed by atoms with Crippen molar-refractivity contribution in [1.82, 2.24) is 24.3 Å². The standard InChI is InChI=1S/C18H27N7O/c1-4-19-18(21-14-15-6-5-8-22(15)2)25-12-10-24(11-13-25)16-17(26)23(3)9-7-20-16/h5-9H,4,10-14H2,1-3H3,(H,19,21). The Balaban J connectivity index is 1.67. The average Bonchev–Trinajstić information content (AvgIpc) is 3.06. The van der Waals surface area contributed by atoms with Crippen LogP contribution in [0.15, 0.2) is 40.5 Å². The summed E-state index contributed by atoms with van der Waals surface area (Å²) >= 11 is 0. The molecule has 140 valence electrons. The molecule has 2 aromatic rings. The minimum absolute atomic E-state index is 0.0507. The molecule has 0 unspecified atom stereocenters. The zero-order chi connectivity index (χ0) is 18.5. The summed E-state index contributed by atoms with van der Waals surface area (Å²) in [5.41, 5.74) is 1.13. The molecule has 0 spiro atoms. The van der Waals surface area contributed by atoms with E-state index >= 15 is 0 Å². The van der Waals surface area contributed by atoms with E-state index in [0.717, 1.165) is 38.7 Å². The van der Waals surface area contributed by atoms with E-state index < -0.39 is 0 Å². The summed E-state index contributed by atoms with van der Waals surface area (Å²) in [4.78, 5) is 25.6. The van der Waals surface area contributed by atoms with Gasteiger partial charge in [0.1, 0.15) is 0 Å². The van der Waals surface area contributed by atoms with Crippen LogP contribution in [0.25, 0.3) is 0 Å². The van der Waals surface area contributed by atoms with E-state index in [1.54, 1.807) is 24.0 Å². The lowest BCUT2D eigenvalue weighted by Gasteiger charge is -2.36. The van der Waals surface area contributed by atoms with Crippen LogP contribution >= 0.6 is 0 Å². The van der Waals surface area contributed by atoms with E-state index in [1.165, 1.54) is 5.69 Å². The number of hydrogen-bond acceptors (Lipinski definition) is 4.